The van der Waals surface area contributed by atoms with Gasteiger partial charge in [0, 0.05) is 28.3 Å². The molecule has 1 aromatic heterocycles. The first-order valence-electron chi connectivity index (χ1n) is 8.62. The summed E-state index contributed by atoms with van der Waals surface area (Å²) in [7, 11) is 0. The highest BCUT2D eigenvalue weighted by Gasteiger charge is 2.32. The second-order valence-electron chi connectivity index (χ2n) is 6.78. The molecular formula is C20H17F3N2O2. The van der Waals surface area contributed by atoms with Crippen LogP contribution in [0.15, 0.2) is 42.5 Å². The van der Waals surface area contributed by atoms with Gasteiger partial charge in [0.05, 0.1) is 11.1 Å². The molecule has 4 nitrogen and oxygen atoms in total. The molecule has 27 heavy (non-hydrogen) atoms. The van der Waals surface area contributed by atoms with Crippen molar-refractivity contribution in [3.63, 3.8) is 0 Å². The number of carboxylic acids is 1. The van der Waals surface area contributed by atoms with Crippen LogP contribution in [0.3, 0.4) is 0 Å². The minimum absolute atomic E-state index is 0.0495. The lowest BCUT2D eigenvalue weighted by Crippen LogP contribution is -2.28. The Morgan fingerprint density at radius 3 is 2.70 bits per heavy atom. The highest BCUT2D eigenvalue weighted by atomic mass is 19.4. The standard InChI is InChI=1S/C20H17F3N2O2/c21-20(22,23)11-5-7-18(15(9-11)19(26)27)24-12-6-8-17-14(10-12)13-3-1-2-4-16(13)25-17/h1-5,7,9,12,24-25H,6,8,10H2,(H,26,27)/t12-/m1/s1. The quantitative estimate of drug-likeness (QED) is 0.614. The first kappa shape index (κ1) is 17.5. The Kier molecular flexibility index (Phi) is 4.09. The summed E-state index contributed by atoms with van der Waals surface area (Å²) in [5.41, 5.74) is 2.29. The highest BCUT2D eigenvalue weighted by Crippen LogP contribution is 2.34. The Morgan fingerprint density at radius 1 is 1.19 bits per heavy atom. The van der Waals surface area contributed by atoms with Crippen molar-refractivity contribution in [3.8, 4) is 0 Å². The van der Waals surface area contributed by atoms with Crippen LogP contribution in [0.5, 0.6) is 0 Å². The van der Waals surface area contributed by atoms with Gasteiger partial charge in [-0.1, -0.05) is 18.2 Å². The number of nitrogens with one attached hydrogen (secondary N) is 2. The number of hydrogen-bond donors (Lipinski definition) is 3. The largest absolute Gasteiger partial charge is 0.478 e. The number of aromatic amines is 1. The van der Waals surface area contributed by atoms with Gasteiger partial charge in [0.2, 0.25) is 0 Å². The van der Waals surface area contributed by atoms with Crippen LogP contribution in [0.25, 0.3) is 10.9 Å². The maximum atomic E-state index is 12.9. The summed E-state index contributed by atoms with van der Waals surface area (Å²) in [6, 6.07) is 10.7. The van der Waals surface area contributed by atoms with Gasteiger partial charge in [-0.05, 0) is 49.1 Å². The zero-order valence-electron chi connectivity index (χ0n) is 14.2. The van der Waals surface area contributed by atoms with E-state index in [4.69, 9.17) is 0 Å². The number of rotatable bonds is 3. The number of halogens is 3. The van der Waals surface area contributed by atoms with E-state index in [2.05, 4.69) is 10.3 Å². The molecule has 0 radical (unpaired) electrons. The zero-order chi connectivity index (χ0) is 19.2. The molecule has 1 atom stereocenters. The molecule has 0 saturated heterocycles. The summed E-state index contributed by atoms with van der Waals surface area (Å²) in [5.74, 6) is -1.38. The topological polar surface area (TPSA) is 65.1 Å². The van der Waals surface area contributed by atoms with E-state index >= 15 is 0 Å². The molecule has 3 N–H and O–H groups in total. The van der Waals surface area contributed by atoms with Gasteiger partial charge in [-0.25, -0.2) is 4.79 Å². The van der Waals surface area contributed by atoms with Gasteiger partial charge in [-0.2, -0.15) is 13.2 Å². The van der Waals surface area contributed by atoms with E-state index in [1.807, 2.05) is 24.3 Å². The van der Waals surface area contributed by atoms with Crippen molar-refractivity contribution in [2.45, 2.75) is 31.5 Å². The fraction of sp³-hybridized carbons (Fsp3) is 0.250. The molecule has 4 rings (SSSR count). The van der Waals surface area contributed by atoms with E-state index in [9.17, 15) is 23.1 Å². The normalized spacial score (nSPS) is 16.9. The molecule has 0 fully saturated rings. The fourth-order valence-corrected chi connectivity index (χ4v) is 3.74. The SMILES string of the molecule is O=C(O)c1cc(C(F)(F)F)ccc1N[C@@H]1CCc2[nH]c3ccccc3c2C1. The Labute approximate surface area is 153 Å². The van der Waals surface area contributed by atoms with Crippen LogP contribution in [0.4, 0.5) is 18.9 Å². The molecule has 2 aromatic carbocycles. The third-order valence-electron chi connectivity index (χ3n) is 5.03. The average molecular weight is 374 g/mol. The monoisotopic (exact) mass is 374 g/mol. The van der Waals surface area contributed by atoms with Crippen molar-refractivity contribution < 1.29 is 23.1 Å². The van der Waals surface area contributed by atoms with Crippen molar-refractivity contribution in [2.24, 2.45) is 0 Å². The van der Waals surface area contributed by atoms with E-state index in [1.54, 1.807) is 0 Å². The molecule has 7 heteroatoms. The maximum Gasteiger partial charge on any atom is 0.416 e. The number of alkyl halides is 3. The summed E-state index contributed by atoms with van der Waals surface area (Å²) in [5, 5.41) is 13.6. The molecule has 0 unspecified atom stereocenters. The Morgan fingerprint density at radius 2 is 1.96 bits per heavy atom. The minimum Gasteiger partial charge on any atom is -0.478 e. The highest BCUT2D eigenvalue weighted by molar-refractivity contribution is 5.94. The number of para-hydroxylation sites is 1. The number of fused-ring (bicyclic) bond motifs is 3. The summed E-state index contributed by atoms with van der Waals surface area (Å²) in [4.78, 5) is 14.9. The Hall–Kier alpha value is -2.96. The molecule has 1 heterocycles. The molecule has 0 saturated carbocycles. The van der Waals surface area contributed by atoms with E-state index < -0.39 is 17.7 Å². The lowest BCUT2D eigenvalue weighted by Gasteiger charge is -2.25. The Bertz CT molecular complexity index is 1020. The molecule has 3 aromatic rings. The minimum atomic E-state index is -4.58. The van der Waals surface area contributed by atoms with Crippen LogP contribution in [-0.2, 0) is 19.0 Å². The second kappa shape index (κ2) is 6.33. The number of aromatic carboxylic acids is 1. The van der Waals surface area contributed by atoms with Crippen LogP contribution >= 0.6 is 0 Å². The summed E-state index contributed by atoms with van der Waals surface area (Å²) in [6.07, 6.45) is -2.34. The summed E-state index contributed by atoms with van der Waals surface area (Å²) in [6.45, 7) is 0. The second-order valence-corrected chi connectivity index (χ2v) is 6.78. The van der Waals surface area contributed by atoms with Crippen LogP contribution in [-0.4, -0.2) is 22.1 Å². The first-order chi connectivity index (χ1) is 12.8. The fourth-order valence-electron chi connectivity index (χ4n) is 3.74. The van der Waals surface area contributed by atoms with E-state index in [1.165, 1.54) is 17.3 Å². The third kappa shape index (κ3) is 3.25. The van der Waals surface area contributed by atoms with Crippen molar-refractivity contribution in [1.29, 1.82) is 0 Å². The molecule has 0 bridgehead atoms. The van der Waals surface area contributed by atoms with Crippen molar-refractivity contribution in [2.75, 3.05) is 5.32 Å². The van der Waals surface area contributed by atoms with Gasteiger partial charge in [-0.3, -0.25) is 0 Å². The number of anilines is 1. The molecule has 0 spiro atoms. The van der Waals surface area contributed by atoms with Crippen molar-refractivity contribution >= 4 is 22.6 Å². The molecular weight excluding hydrogens is 357 g/mol. The van der Waals surface area contributed by atoms with Crippen molar-refractivity contribution in [3.05, 3.63) is 64.8 Å². The Balaban J connectivity index is 1.62. The molecule has 1 aliphatic carbocycles. The molecule has 0 amide bonds. The zero-order valence-corrected chi connectivity index (χ0v) is 14.2. The molecule has 140 valence electrons. The maximum absolute atomic E-state index is 12.9. The van der Waals surface area contributed by atoms with E-state index in [-0.39, 0.29) is 17.3 Å². The van der Waals surface area contributed by atoms with Gasteiger partial charge in [-0.15, -0.1) is 0 Å². The number of benzene rings is 2. The van der Waals surface area contributed by atoms with Gasteiger partial charge in [0.25, 0.3) is 0 Å². The predicted octanol–water partition coefficient (Wildman–Crippen LogP) is 4.85. The summed E-state index contributed by atoms with van der Waals surface area (Å²) < 4.78 is 38.6. The number of hydrogen-bond acceptors (Lipinski definition) is 2. The number of carboxylic acid groups (broad SMARTS) is 1. The lowest BCUT2D eigenvalue weighted by atomic mass is 9.91. The van der Waals surface area contributed by atoms with Crippen molar-refractivity contribution in [1.82, 2.24) is 4.98 Å². The van der Waals surface area contributed by atoms with E-state index in [0.717, 1.165) is 29.8 Å². The first-order valence-corrected chi connectivity index (χ1v) is 8.62. The van der Waals surface area contributed by atoms with Gasteiger partial charge < -0.3 is 15.4 Å². The van der Waals surface area contributed by atoms with Crippen LogP contribution < -0.4 is 5.32 Å². The summed E-state index contributed by atoms with van der Waals surface area (Å²) >= 11 is 0. The number of aryl methyl sites for hydroxylation is 1. The number of H-pyrrole nitrogens is 1. The van der Waals surface area contributed by atoms with Gasteiger partial charge >= 0.3 is 12.1 Å². The van der Waals surface area contributed by atoms with Gasteiger partial charge in [0.1, 0.15) is 0 Å². The lowest BCUT2D eigenvalue weighted by molar-refractivity contribution is -0.137. The van der Waals surface area contributed by atoms with Crippen LogP contribution in [0, 0.1) is 0 Å². The molecule has 1 aliphatic rings. The predicted molar refractivity (Wildman–Crippen MR) is 96.1 cm³/mol. The van der Waals surface area contributed by atoms with Gasteiger partial charge in [0.15, 0.2) is 0 Å². The number of carbonyl (C=O) groups is 1. The smallest absolute Gasteiger partial charge is 0.416 e. The van der Waals surface area contributed by atoms with Crippen LogP contribution in [0.1, 0.15) is 33.6 Å². The molecule has 0 aliphatic heterocycles. The van der Waals surface area contributed by atoms with Crippen LogP contribution in [0.2, 0.25) is 0 Å². The average Bonchev–Trinajstić information content (AvgIpc) is 2.99. The third-order valence-corrected chi connectivity index (χ3v) is 5.03. The number of aromatic nitrogens is 1. The van der Waals surface area contributed by atoms with E-state index in [0.29, 0.717) is 12.5 Å².